The third-order valence-corrected chi connectivity index (χ3v) is 4.25. The van der Waals surface area contributed by atoms with Crippen LogP contribution in [0.1, 0.15) is 54.2 Å². The molecule has 0 amide bonds. The van der Waals surface area contributed by atoms with Gasteiger partial charge in [-0.3, -0.25) is 0 Å². The number of hydrogen-bond acceptors (Lipinski definition) is 8. The summed E-state index contributed by atoms with van der Waals surface area (Å²) in [7, 11) is 1.41. The van der Waals surface area contributed by atoms with Crippen LogP contribution in [0.2, 0.25) is 0 Å². The Balaban J connectivity index is 2.19. The van der Waals surface area contributed by atoms with Gasteiger partial charge in [-0.25, -0.2) is 14.0 Å². The smallest absolute Gasteiger partial charge is 0.488 e. The molecular weight excluding hydrogens is 435 g/mol. The molecule has 0 N–H and O–H groups in total. The van der Waals surface area contributed by atoms with Gasteiger partial charge in [0.25, 0.3) is 0 Å². The number of carbonyl (C=O) groups is 2. The van der Waals surface area contributed by atoms with E-state index in [9.17, 15) is 14.0 Å². The number of carbonyl (C=O) groups excluding carboxylic acids is 2. The largest absolute Gasteiger partial charge is 0.508 e. The second-order valence-corrected chi connectivity index (χ2v) is 9.44. The molecule has 0 aliphatic rings. The highest BCUT2D eigenvalue weighted by Crippen LogP contribution is 2.28. The number of nitrogens with zero attached hydrogens (tertiary/aromatic N) is 2. The molecular formula is C23H33FN2O7. The average molecular weight is 469 g/mol. The zero-order valence-electron chi connectivity index (χ0n) is 20.5. The van der Waals surface area contributed by atoms with E-state index in [0.29, 0.717) is 23.0 Å². The number of hydrogen-bond donors (Lipinski definition) is 0. The number of methoxy groups -OCH3 is 1. The predicted molar refractivity (Wildman–Crippen MR) is 119 cm³/mol. The van der Waals surface area contributed by atoms with Crippen molar-refractivity contribution in [1.29, 1.82) is 0 Å². The standard InChI is InChI=1S/C23H33FN2O7/c1-9-17-15-10-16(24)19(11-18(15)26(25-17)20(27)32-22(2,3)4)30-12-14(29-8)13-31-21(28)33-23(5,6)7/h10-11,14H,9,12-13H2,1-8H3. The first-order chi connectivity index (χ1) is 15.2. The normalized spacial score (nSPS) is 13.0. The van der Waals surface area contributed by atoms with Crippen LogP contribution >= 0.6 is 0 Å². The summed E-state index contributed by atoms with van der Waals surface area (Å²) in [6.45, 7) is 12.0. The second kappa shape index (κ2) is 10.4. The molecule has 33 heavy (non-hydrogen) atoms. The number of rotatable bonds is 7. The van der Waals surface area contributed by atoms with Crippen LogP contribution in [-0.4, -0.2) is 59.7 Å². The fourth-order valence-corrected chi connectivity index (χ4v) is 2.80. The van der Waals surface area contributed by atoms with Crippen LogP contribution < -0.4 is 4.74 Å². The Morgan fingerprint density at radius 2 is 1.70 bits per heavy atom. The third kappa shape index (κ3) is 7.59. The number of aromatic nitrogens is 2. The minimum Gasteiger partial charge on any atom is -0.488 e. The Hall–Kier alpha value is -2.88. The van der Waals surface area contributed by atoms with Crippen molar-refractivity contribution in [2.45, 2.75) is 72.2 Å². The van der Waals surface area contributed by atoms with Crippen molar-refractivity contribution >= 4 is 23.2 Å². The van der Waals surface area contributed by atoms with Crippen molar-refractivity contribution in [3.8, 4) is 5.75 Å². The lowest BCUT2D eigenvalue weighted by molar-refractivity contribution is -0.0407. The zero-order chi connectivity index (χ0) is 25.0. The number of halogens is 1. The fraction of sp³-hybridized carbons (Fsp3) is 0.609. The summed E-state index contributed by atoms with van der Waals surface area (Å²) in [5.41, 5.74) is -0.498. The Kier molecular flexibility index (Phi) is 8.29. The fourth-order valence-electron chi connectivity index (χ4n) is 2.80. The van der Waals surface area contributed by atoms with Gasteiger partial charge in [-0.05, 0) is 54.0 Å². The molecule has 0 aliphatic heterocycles. The molecule has 0 saturated heterocycles. The van der Waals surface area contributed by atoms with Gasteiger partial charge in [-0.1, -0.05) is 6.92 Å². The van der Waals surface area contributed by atoms with Gasteiger partial charge in [0, 0.05) is 18.6 Å². The zero-order valence-corrected chi connectivity index (χ0v) is 20.5. The van der Waals surface area contributed by atoms with Crippen molar-refractivity contribution in [1.82, 2.24) is 9.78 Å². The molecule has 2 rings (SSSR count). The third-order valence-electron chi connectivity index (χ3n) is 4.25. The molecule has 0 bridgehead atoms. The lowest BCUT2D eigenvalue weighted by Crippen LogP contribution is -2.30. The summed E-state index contributed by atoms with van der Waals surface area (Å²) in [6, 6.07) is 2.67. The maximum absolute atomic E-state index is 14.7. The molecule has 1 unspecified atom stereocenters. The number of aryl methyl sites for hydroxylation is 1. The summed E-state index contributed by atoms with van der Waals surface area (Å²) in [6.07, 6.45) is -1.69. The topological polar surface area (TPSA) is 98.1 Å². The molecule has 1 aromatic carbocycles. The van der Waals surface area contributed by atoms with Crippen molar-refractivity contribution in [3.63, 3.8) is 0 Å². The van der Waals surface area contributed by atoms with Crippen molar-refractivity contribution in [2.24, 2.45) is 0 Å². The minimum absolute atomic E-state index is 0.103. The van der Waals surface area contributed by atoms with Crippen LogP contribution in [-0.2, 0) is 25.4 Å². The highest BCUT2D eigenvalue weighted by atomic mass is 19.1. The molecule has 9 nitrogen and oxygen atoms in total. The van der Waals surface area contributed by atoms with Gasteiger partial charge in [0.05, 0.1) is 11.2 Å². The van der Waals surface area contributed by atoms with E-state index in [4.69, 9.17) is 23.7 Å². The van der Waals surface area contributed by atoms with Gasteiger partial charge in [-0.15, -0.1) is 0 Å². The minimum atomic E-state index is -0.842. The molecule has 1 heterocycles. The van der Waals surface area contributed by atoms with E-state index in [1.54, 1.807) is 41.5 Å². The van der Waals surface area contributed by atoms with Gasteiger partial charge < -0.3 is 23.7 Å². The van der Waals surface area contributed by atoms with E-state index in [2.05, 4.69) is 5.10 Å². The number of ether oxygens (including phenoxy) is 5. The lowest BCUT2D eigenvalue weighted by Gasteiger charge is -2.21. The first kappa shape index (κ1) is 26.4. The summed E-state index contributed by atoms with van der Waals surface area (Å²) in [5.74, 6) is -0.724. The van der Waals surface area contributed by atoms with Crippen LogP contribution in [0.5, 0.6) is 5.75 Å². The quantitative estimate of drug-likeness (QED) is 0.531. The highest BCUT2D eigenvalue weighted by Gasteiger charge is 2.24. The van der Waals surface area contributed by atoms with Gasteiger partial charge in [0.1, 0.15) is 30.5 Å². The molecule has 0 radical (unpaired) electrons. The van der Waals surface area contributed by atoms with Crippen molar-refractivity contribution < 1.29 is 37.7 Å². The average Bonchev–Trinajstić information content (AvgIpc) is 3.03. The van der Waals surface area contributed by atoms with Gasteiger partial charge in [-0.2, -0.15) is 9.78 Å². The summed E-state index contributed by atoms with van der Waals surface area (Å²) >= 11 is 0. The predicted octanol–water partition coefficient (Wildman–Crippen LogP) is 4.87. The Bertz CT molecular complexity index is 989. The highest BCUT2D eigenvalue weighted by molar-refractivity contribution is 5.90. The van der Waals surface area contributed by atoms with Crippen LogP contribution in [0.25, 0.3) is 10.9 Å². The molecule has 184 valence electrons. The van der Waals surface area contributed by atoms with E-state index in [1.807, 2.05) is 6.92 Å². The van der Waals surface area contributed by atoms with Gasteiger partial charge >= 0.3 is 12.2 Å². The molecule has 1 atom stereocenters. The number of benzene rings is 1. The van der Waals surface area contributed by atoms with Crippen LogP contribution in [0, 0.1) is 5.82 Å². The van der Waals surface area contributed by atoms with E-state index in [-0.39, 0.29) is 19.0 Å². The van der Waals surface area contributed by atoms with Crippen molar-refractivity contribution in [2.75, 3.05) is 20.3 Å². The van der Waals surface area contributed by atoms with Gasteiger partial charge in [0.15, 0.2) is 11.6 Å². The van der Waals surface area contributed by atoms with Gasteiger partial charge in [0.2, 0.25) is 0 Å². The van der Waals surface area contributed by atoms with Crippen molar-refractivity contribution in [3.05, 3.63) is 23.6 Å². The van der Waals surface area contributed by atoms with E-state index in [0.717, 1.165) is 4.68 Å². The van der Waals surface area contributed by atoms with E-state index in [1.165, 1.54) is 19.2 Å². The molecule has 0 fully saturated rings. The summed E-state index contributed by atoms with van der Waals surface area (Å²) < 4.78 is 42.2. The van der Waals surface area contributed by atoms with Crippen LogP contribution in [0.15, 0.2) is 12.1 Å². The Morgan fingerprint density at radius 3 is 2.24 bits per heavy atom. The lowest BCUT2D eigenvalue weighted by atomic mass is 10.1. The van der Waals surface area contributed by atoms with Crippen LogP contribution in [0.4, 0.5) is 14.0 Å². The van der Waals surface area contributed by atoms with E-state index >= 15 is 0 Å². The first-order valence-corrected chi connectivity index (χ1v) is 10.7. The Morgan fingerprint density at radius 1 is 1.06 bits per heavy atom. The van der Waals surface area contributed by atoms with Crippen LogP contribution in [0.3, 0.4) is 0 Å². The maximum Gasteiger partial charge on any atom is 0.508 e. The molecule has 1 aromatic heterocycles. The summed E-state index contributed by atoms with van der Waals surface area (Å²) in [5, 5.41) is 4.78. The molecule has 0 spiro atoms. The summed E-state index contributed by atoms with van der Waals surface area (Å²) in [4.78, 5) is 24.4. The molecule has 10 heteroatoms. The molecule has 0 saturated carbocycles. The monoisotopic (exact) mass is 468 g/mol. The molecule has 2 aromatic rings. The second-order valence-electron chi connectivity index (χ2n) is 9.44. The maximum atomic E-state index is 14.7. The SMILES string of the molecule is CCc1nn(C(=O)OC(C)(C)C)c2cc(OCC(COC(=O)OC(C)(C)C)OC)c(F)cc12. The number of fused-ring (bicyclic) bond motifs is 1. The Labute approximate surface area is 193 Å². The van der Waals surface area contributed by atoms with E-state index < -0.39 is 35.4 Å². The first-order valence-electron chi connectivity index (χ1n) is 10.7. The molecule has 0 aliphatic carbocycles.